The van der Waals surface area contributed by atoms with Crippen molar-refractivity contribution >= 4 is 39.7 Å². The van der Waals surface area contributed by atoms with Gasteiger partial charge in [0.1, 0.15) is 17.4 Å². The smallest absolute Gasteiger partial charge is 0.282 e. The maximum atomic E-state index is 13.3. The highest BCUT2D eigenvalue weighted by Gasteiger charge is 2.16. The molecule has 7 nitrogen and oxygen atoms in total. The molecular weight excluding hydrogens is 440 g/mol. The van der Waals surface area contributed by atoms with Crippen molar-refractivity contribution in [3.8, 4) is 23.4 Å². The number of para-hydroxylation sites is 2. The zero-order valence-electron chi connectivity index (χ0n) is 17.1. The normalized spacial score (nSPS) is 11.3. The van der Waals surface area contributed by atoms with Gasteiger partial charge in [0.25, 0.3) is 5.56 Å². The fourth-order valence-electron chi connectivity index (χ4n) is 3.46. The Labute approximate surface area is 192 Å². The second-order valence-electron chi connectivity index (χ2n) is 7.09. The van der Waals surface area contributed by atoms with Gasteiger partial charge in [-0.25, -0.2) is 4.98 Å². The molecule has 0 bridgehead atoms. The van der Waals surface area contributed by atoms with Crippen LogP contribution in [-0.4, -0.2) is 22.5 Å². The van der Waals surface area contributed by atoms with Crippen LogP contribution in [0.1, 0.15) is 5.56 Å². The second kappa shape index (κ2) is 8.61. The minimum atomic E-state index is -0.347. The Morgan fingerprint density at radius 1 is 1.12 bits per heavy atom. The summed E-state index contributed by atoms with van der Waals surface area (Å²) in [5, 5.41) is 15.0. The van der Waals surface area contributed by atoms with Gasteiger partial charge in [0, 0.05) is 16.0 Å². The second-order valence-corrected chi connectivity index (χ2v) is 7.53. The zero-order valence-corrected chi connectivity index (χ0v) is 17.9. The Morgan fingerprint density at radius 3 is 2.82 bits per heavy atom. The van der Waals surface area contributed by atoms with Crippen molar-refractivity contribution < 1.29 is 9.15 Å². The number of hydrogen-bond acceptors (Lipinski definition) is 6. The molecule has 0 saturated carbocycles. The van der Waals surface area contributed by atoms with Crippen LogP contribution in [0.25, 0.3) is 33.5 Å². The molecule has 0 fully saturated rings. The van der Waals surface area contributed by atoms with Crippen molar-refractivity contribution in [1.29, 1.82) is 5.26 Å². The van der Waals surface area contributed by atoms with Crippen LogP contribution in [0, 0.1) is 11.3 Å². The number of nitriles is 1. The molecule has 3 aromatic carbocycles. The average Bonchev–Trinajstić information content (AvgIpc) is 3.25. The summed E-state index contributed by atoms with van der Waals surface area (Å²) in [6.07, 6.45) is 1.49. The van der Waals surface area contributed by atoms with E-state index in [1.807, 2.05) is 18.2 Å². The first-order chi connectivity index (χ1) is 16.1. The minimum absolute atomic E-state index is 0.102. The highest BCUT2D eigenvalue weighted by Crippen LogP contribution is 2.29. The molecule has 0 atom stereocenters. The standard InChI is InChI=1S/C25H15ClN4O3/c26-18-9-10-22-17(13-18)14-23(33-22)24-29-20-7-3-2-6-19(20)25(31)30(24)28-15-16-5-1-4-8-21(16)32-12-11-27/h1-10,13-15H,12H2. The molecule has 0 N–H and O–H groups in total. The topological polar surface area (TPSA) is 93.4 Å². The van der Waals surface area contributed by atoms with Gasteiger partial charge in [0.15, 0.2) is 12.4 Å². The number of nitrogens with zero attached hydrogens (tertiary/aromatic N) is 4. The fraction of sp³-hybridized carbons (Fsp3) is 0.0400. The maximum Gasteiger partial charge on any atom is 0.282 e. The molecule has 33 heavy (non-hydrogen) atoms. The van der Waals surface area contributed by atoms with Crippen molar-refractivity contribution in [2.75, 3.05) is 6.61 Å². The van der Waals surface area contributed by atoms with E-state index in [0.717, 1.165) is 5.39 Å². The number of halogens is 1. The van der Waals surface area contributed by atoms with E-state index in [1.54, 1.807) is 60.7 Å². The molecule has 0 radical (unpaired) electrons. The molecule has 2 aromatic heterocycles. The van der Waals surface area contributed by atoms with E-state index >= 15 is 0 Å². The van der Waals surface area contributed by atoms with E-state index in [-0.39, 0.29) is 18.0 Å². The number of rotatable bonds is 5. The SMILES string of the molecule is N#CCOc1ccccc1C=Nn1c(-c2cc3cc(Cl)ccc3o2)nc2ccccc2c1=O. The van der Waals surface area contributed by atoms with Gasteiger partial charge in [0.05, 0.1) is 17.1 Å². The van der Waals surface area contributed by atoms with Crippen molar-refractivity contribution in [2.45, 2.75) is 0 Å². The lowest BCUT2D eigenvalue weighted by atomic mass is 10.2. The van der Waals surface area contributed by atoms with Gasteiger partial charge in [-0.1, -0.05) is 35.9 Å². The predicted octanol–water partition coefficient (Wildman–Crippen LogP) is 5.25. The Bertz CT molecular complexity index is 1630. The molecule has 0 aliphatic rings. The summed E-state index contributed by atoms with van der Waals surface area (Å²) in [4.78, 5) is 18.0. The largest absolute Gasteiger partial charge is 0.478 e. The first-order valence-corrected chi connectivity index (χ1v) is 10.4. The van der Waals surface area contributed by atoms with E-state index in [1.165, 1.54) is 10.9 Å². The van der Waals surface area contributed by atoms with Crippen LogP contribution in [0.3, 0.4) is 0 Å². The number of furan rings is 1. The van der Waals surface area contributed by atoms with Crippen LogP contribution in [-0.2, 0) is 0 Å². The molecule has 160 valence electrons. The highest BCUT2D eigenvalue weighted by atomic mass is 35.5. The average molecular weight is 455 g/mol. The first-order valence-electron chi connectivity index (χ1n) is 9.98. The number of aromatic nitrogens is 2. The molecule has 8 heteroatoms. The van der Waals surface area contributed by atoms with Gasteiger partial charge < -0.3 is 9.15 Å². The number of hydrogen-bond donors (Lipinski definition) is 0. The van der Waals surface area contributed by atoms with Crippen LogP contribution in [0.15, 0.2) is 87.1 Å². The molecule has 0 unspecified atom stereocenters. The third-order valence-corrected chi connectivity index (χ3v) is 5.21. The quantitative estimate of drug-likeness (QED) is 0.338. The summed E-state index contributed by atoms with van der Waals surface area (Å²) in [6.45, 7) is -0.102. The predicted molar refractivity (Wildman–Crippen MR) is 127 cm³/mol. The lowest BCUT2D eigenvalue weighted by molar-refractivity contribution is 0.367. The molecule has 5 rings (SSSR count). The van der Waals surface area contributed by atoms with Crippen LogP contribution in [0.4, 0.5) is 0 Å². The summed E-state index contributed by atoms with van der Waals surface area (Å²) >= 11 is 6.11. The third kappa shape index (κ3) is 3.95. The van der Waals surface area contributed by atoms with Gasteiger partial charge in [0.2, 0.25) is 5.82 Å². The van der Waals surface area contributed by atoms with E-state index < -0.39 is 0 Å². The van der Waals surface area contributed by atoms with E-state index in [9.17, 15) is 4.79 Å². The molecule has 0 aliphatic carbocycles. The summed E-state index contributed by atoms with van der Waals surface area (Å²) in [7, 11) is 0. The van der Waals surface area contributed by atoms with Gasteiger partial charge >= 0.3 is 0 Å². The summed E-state index contributed by atoms with van der Waals surface area (Å²) < 4.78 is 12.6. The minimum Gasteiger partial charge on any atom is -0.478 e. The van der Waals surface area contributed by atoms with Crippen molar-refractivity contribution in [3.63, 3.8) is 0 Å². The van der Waals surface area contributed by atoms with Crippen molar-refractivity contribution in [2.24, 2.45) is 5.10 Å². The Kier molecular flexibility index (Phi) is 5.35. The lowest BCUT2D eigenvalue weighted by Gasteiger charge is -2.08. The van der Waals surface area contributed by atoms with Crippen molar-refractivity contribution in [1.82, 2.24) is 9.66 Å². The molecule has 5 aromatic rings. The molecule has 2 heterocycles. The van der Waals surface area contributed by atoms with Crippen LogP contribution >= 0.6 is 11.6 Å². The van der Waals surface area contributed by atoms with Crippen LogP contribution in [0.5, 0.6) is 5.75 Å². The fourth-order valence-corrected chi connectivity index (χ4v) is 3.64. The zero-order chi connectivity index (χ0) is 22.8. The third-order valence-electron chi connectivity index (χ3n) is 4.98. The monoisotopic (exact) mass is 454 g/mol. The first kappa shape index (κ1) is 20.5. The van der Waals surface area contributed by atoms with E-state index in [4.69, 9.17) is 26.0 Å². The Balaban J connectivity index is 1.69. The van der Waals surface area contributed by atoms with E-state index in [2.05, 4.69) is 10.1 Å². The van der Waals surface area contributed by atoms with E-state index in [0.29, 0.717) is 38.6 Å². The molecule has 0 aliphatic heterocycles. The van der Waals surface area contributed by atoms with Crippen LogP contribution < -0.4 is 10.3 Å². The number of fused-ring (bicyclic) bond motifs is 2. The molecule has 0 spiro atoms. The van der Waals surface area contributed by atoms with Crippen molar-refractivity contribution in [3.05, 3.63) is 93.7 Å². The number of ether oxygens (including phenoxy) is 1. The summed E-state index contributed by atoms with van der Waals surface area (Å²) in [6, 6.07) is 23.1. The van der Waals surface area contributed by atoms with Gasteiger partial charge in [-0.2, -0.15) is 15.0 Å². The van der Waals surface area contributed by atoms with Gasteiger partial charge in [-0.15, -0.1) is 0 Å². The maximum absolute atomic E-state index is 13.3. The van der Waals surface area contributed by atoms with Gasteiger partial charge in [-0.3, -0.25) is 4.79 Å². The van der Waals surface area contributed by atoms with Crippen LogP contribution in [0.2, 0.25) is 5.02 Å². The highest BCUT2D eigenvalue weighted by molar-refractivity contribution is 6.31. The van der Waals surface area contributed by atoms with Gasteiger partial charge in [-0.05, 0) is 48.5 Å². The lowest BCUT2D eigenvalue weighted by Crippen LogP contribution is -2.20. The summed E-state index contributed by atoms with van der Waals surface area (Å²) in [5.41, 5.74) is 1.40. The molecular formula is C25H15ClN4O3. The Hall–Kier alpha value is -4.41. The molecule has 0 amide bonds. The molecule has 0 saturated heterocycles. The Morgan fingerprint density at radius 2 is 1.94 bits per heavy atom. The summed E-state index contributed by atoms with van der Waals surface area (Å²) in [5.74, 6) is 1.10. The number of benzene rings is 3.